The van der Waals surface area contributed by atoms with Crippen molar-refractivity contribution in [3.05, 3.63) is 47.8 Å². The van der Waals surface area contributed by atoms with Crippen molar-refractivity contribution in [3.63, 3.8) is 0 Å². The van der Waals surface area contributed by atoms with Crippen molar-refractivity contribution < 1.29 is 28.9 Å². The Labute approximate surface area is 178 Å². The molecule has 2 rings (SSSR count). The molecular formula is C23H34FO5P. The maximum absolute atomic E-state index is 13.2. The summed E-state index contributed by atoms with van der Waals surface area (Å²) in [5.74, 6) is -0.647. The van der Waals surface area contributed by atoms with Gasteiger partial charge >= 0.3 is 0 Å². The zero-order valence-electron chi connectivity index (χ0n) is 17.6. The number of carbonyl (C=O) groups excluding carboxylic acids is 1. The Morgan fingerprint density at radius 3 is 2.77 bits per heavy atom. The van der Waals surface area contributed by atoms with E-state index in [-0.39, 0.29) is 36.0 Å². The number of allylic oxidation sites excluding steroid dienone is 2. The van der Waals surface area contributed by atoms with Crippen LogP contribution in [0.4, 0.5) is 4.39 Å². The van der Waals surface area contributed by atoms with E-state index < -0.39 is 19.6 Å². The third-order valence-corrected chi connectivity index (χ3v) is 6.97. The molecule has 0 amide bonds. The van der Waals surface area contributed by atoms with Gasteiger partial charge < -0.3 is 15.1 Å². The fourth-order valence-electron chi connectivity index (χ4n) is 4.13. The standard InChI is InChI=1S/C23H34FO5P/c1-30(28,29)14-5-3-2-4-9-20-21(23(27)16-22(20)26)13-12-19(25)11-10-17-7-6-8-18(24)15-17/h2,4,6-8,15,19-21,23,25,27H,3,5,9-14,16H2,1H3,(H,28,29)/b4-2-/t19-,20+,21+,23+/m0/s1. The summed E-state index contributed by atoms with van der Waals surface area (Å²) in [6.45, 7) is 1.35. The van der Waals surface area contributed by atoms with Crippen LogP contribution in [-0.4, -0.2) is 45.9 Å². The Balaban J connectivity index is 1.76. The molecule has 0 heterocycles. The topological polar surface area (TPSA) is 94.8 Å². The highest BCUT2D eigenvalue weighted by molar-refractivity contribution is 7.57. The second kappa shape index (κ2) is 11.9. The summed E-state index contributed by atoms with van der Waals surface area (Å²) in [4.78, 5) is 21.6. The highest BCUT2D eigenvalue weighted by atomic mass is 31.2. The molecule has 0 aliphatic heterocycles. The molecule has 0 aromatic heterocycles. The molecule has 0 radical (unpaired) electrons. The summed E-state index contributed by atoms with van der Waals surface area (Å²) in [5, 5.41) is 20.6. The van der Waals surface area contributed by atoms with E-state index in [1.54, 1.807) is 6.07 Å². The molecule has 0 bridgehead atoms. The Kier molecular flexibility index (Phi) is 9.89. The number of rotatable bonds is 12. The van der Waals surface area contributed by atoms with Gasteiger partial charge in [0.15, 0.2) is 7.37 Å². The highest BCUT2D eigenvalue weighted by Gasteiger charge is 2.40. The van der Waals surface area contributed by atoms with Crippen LogP contribution < -0.4 is 0 Å². The normalized spacial score (nSPS) is 25.0. The number of unbranched alkanes of at least 4 members (excludes halogenated alkanes) is 1. The zero-order valence-corrected chi connectivity index (χ0v) is 18.5. The monoisotopic (exact) mass is 440 g/mol. The van der Waals surface area contributed by atoms with Gasteiger partial charge in [-0.05, 0) is 68.6 Å². The smallest absolute Gasteiger partial charge is 0.197 e. The van der Waals surface area contributed by atoms with E-state index in [2.05, 4.69) is 0 Å². The molecular weight excluding hydrogens is 406 g/mol. The van der Waals surface area contributed by atoms with Gasteiger partial charge in [0.25, 0.3) is 0 Å². The lowest BCUT2D eigenvalue weighted by molar-refractivity contribution is -0.121. The van der Waals surface area contributed by atoms with E-state index in [9.17, 15) is 28.9 Å². The van der Waals surface area contributed by atoms with Crippen molar-refractivity contribution >= 4 is 13.2 Å². The summed E-state index contributed by atoms with van der Waals surface area (Å²) >= 11 is 0. The molecule has 1 unspecified atom stereocenters. The lowest BCUT2D eigenvalue weighted by atomic mass is 9.86. The molecule has 5 nitrogen and oxygen atoms in total. The van der Waals surface area contributed by atoms with Crippen LogP contribution in [0.1, 0.15) is 50.5 Å². The Morgan fingerprint density at radius 2 is 2.07 bits per heavy atom. The van der Waals surface area contributed by atoms with E-state index >= 15 is 0 Å². The number of ketones is 1. The second-order valence-corrected chi connectivity index (χ2v) is 11.1. The van der Waals surface area contributed by atoms with Crippen molar-refractivity contribution in [1.82, 2.24) is 0 Å². The average molecular weight is 440 g/mol. The van der Waals surface area contributed by atoms with E-state index in [0.717, 1.165) is 5.56 Å². The van der Waals surface area contributed by atoms with Crippen molar-refractivity contribution in [1.29, 1.82) is 0 Å². The molecule has 168 valence electrons. The predicted molar refractivity (Wildman–Crippen MR) is 116 cm³/mol. The molecule has 0 spiro atoms. The van der Waals surface area contributed by atoms with Crippen LogP contribution in [0.25, 0.3) is 0 Å². The fourth-order valence-corrected chi connectivity index (χ4v) is 4.90. The highest BCUT2D eigenvalue weighted by Crippen LogP contribution is 2.37. The predicted octanol–water partition coefficient (Wildman–Crippen LogP) is 4.09. The number of aliphatic hydroxyl groups is 2. The van der Waals surface area contributed by atoms with Crippen LogP contribution >= 0.6 is 7.37 Å². The maximum atomic E-state index is 13.2. The molecule has 1 saturated carbocycles. The van der Waals surface area contributed by atoms with Crippen LogP contribution in [0.3, 0.4) is 0 Å². The third-order valence-electron chi connectivity index (χ3n) is 5.82. The Morgan fingerprint density at radius 1 is 1.30 bits per heavy atom. The summed E-state index contributed by atoms with van der Waals surface area (Å²) < 4.78 is 24.5. The van der Waals surface area contributed by atoms with Crippen molar-refractivity contribution in [2.24, 2.45) is 11.8 Å². The van der Waals surface area contributed by atoms with E-state index in [4.69, 9.17) is 0 Å². The van der Waals surface area contributed by atoms with Gasteiger partial charge in [-0.2, -0.15) is 0 Å². The average Bonchev–Trinajstić information content (AvgIpc) is 2.93. The SMILES string of the molecule is CP(=O)(O)CCC/C=C\C[C@H]1C(=O)C[C@@H](O)[C@@H]1CC[C@@H](O)CCc1cccc(F)c1. The van der Waals surface area contributed by atoms with Gasteiger partial charge in [-0.25, -0.2) is 4.39 Å². The zero-order chi connectivity index (χ0) is 22.1. The first-order valence-electron chi connectivity index (χ1n) is 10.7. The molecule has 30 heavy (non-hydrogen) atoms. The minimum Gasteiger partial charge on any atom is -0.393 e. The first-order valence-corrected chi connectivity index (χ1v) is 13.0. The van der Waals surface area contributed by atoms with Gasteiger partial charge in [-0.3, -0.25) is 9.36 Å². The molecule has 3 N–H and O–H groups in total. The van der Waals surface area contributed by atoms with E-state index in [0.29, 0.717) is 44.9 Å². The summed E-state index contributed by atoms with van der Waals surface area (Å²) in [7, 11) is -2.97. The molecule has 7 heteroatoms. The van der Waals surface area contributed by atoms with Gasteiger partial charge in [0.2, 0.25) is 0 Å². The molecule has 1 aliphatic carbocycles. The summed E-state index contributed by atoms with van der Waals surface area (Å²) in [6.07, 6.45) is 7.07. The van der Waals surface area contributed by atoms with Gasteiger partial charge in [-0.15, -0.1) is 0 Å². The molecule has 0 saturated heterocycles. The quantitative estimate of drug-likeness (QED) is 0.259. The van der Waals surface area contributed by atoms with Crippen LogP contribution in [0.2, 0.25) is 0 Å². The molecule has 5 atom stereocenters. The van der Waals surface area contributed by atoms with Gasteiger partial charge in [-0.1, -0.05) is 24.3 Å². The molecule has 1 fully saturated rings. The molecule has 1 aromatic rings. The molecule has 1 aliphatic rings. The summed E-state index contributed by atoms with van der Waals surface area (Å²) in [6, 6.07) is 6.34. The van der Waals surface area contributed by atoms with Crippen LogP contribution in [-0.2, 0) is 15.8 Å². The number of halogens is 1. The number of hydrogen-bond donors (Lipinski definition) is 3. The third kappa shape index (κ3) is 8.81. The number of carbonyl (C=O) groups is 1. The van der Waals surface area contributed by atoms with E-state index in [1.165, 1.54) is 18.8 Å². The van der Waals surface area contributed by atoms with Crippen molar-refractivity contribution in [3.8, 4) is 0 Å². The van der Waals surface area contributed by atoms with Crippen molar-refractivity contribution in [2.45, 2.75) is 63.6 Å². The number of benzene rings is 1. The van der Waals surface area contributed by atoms with Crippen LogP contribution in [0.15, 0.2) is 36.4 Å². The lowest BCUT2D eigenvalue weighted by Crippen LogP contribution is -2.22. The first kappa shape index (κ1) is 24.9. The number of aliphatic hydroxyl groups excluding tert-OH is 2. The second-order valence-electron chi connectivity index (χ2n) is 8.53. The Bertz CT molecular complexity index is 760. The van der Waals surface area contributed by atoms with Crippen molar-refractivity contribution in [2.75, 3.05) is 12.8 Å². The largest absolute Gasteiger partial charge is 0.393 e. The Hall–Kier alpha value is -1.33. The van der Waals surface area contributed by atoms with Crippen LogP contribution in [0.5, 0.6) is 0 Å². The summed E-state index contributed by atoms with van der Waals surface area (Å²) in [5.41, 5.74) is 0.841. The first-order chi connectivity index (χ1) is 14.2. The number of Topliss-reactive ketones (excluding diaryl/α,β-unsaturated/α-hetero) is 1. The van der Waals surface area contributed by atoms with Gasteiger partial charge in [0, 0.05) is 25.2 Å². The maximum Gasteiger partial charge on any atom is 0.197 e. The van der Waals surface area contributed by atoms with Gasteiger partial charge in [0.1, 0.15) is 11.6 Å². The van der Waals surface area contributed by atoms with Gasteiger partial charge in [0.05, 0.1) is 12.2 Å². The minimum atomic E-state index is -2.97. The molecule has 1 aromatic carbocycles. The fraction of sp³-hybridized carbons (Fsp3) is 0.609. The van der Waals surface area contributed by atoms with Crippen LogP contribution in [0, 0.1) is 17.7 Å². The van der Waals surface area contributed by atoms with E-state index in [1.807, 2.05) is 18.2 Å². The lowest BCUT2D eigenvalue weighted by Gasteiger charge is -2.21. The number of hydrogen-bond acceptors (Lipinski definition) is 4. The minimum absolute atomic E-state index is 0.0554. The number of aryl methyl sites for hydroxylation is 1.